The molecule has 0 amide bonds. The summed E-state index contributed by atoms with van der Waals surface area (Å²) in [4.78, 5) is 16.1. The molecule has 1 unspecified atom stereocenters. The zero-order valence-corrected chi connectivity index (χ0v) is 11.9. The maximum Gasteiger partial charge on any atom is 0.328 e. The van der Waals surface area contributed by atoms with Crippen molar-refractivity contribution in [2.45, 2.75) is 19.9 Å². The lowest BCUT2D eigenvalue weighted by molar-refractivity contribution is -0.142. The lowest BCUT2D eigenvalue weighted by Crippen LogP contribution is -2.35. The minimum absolute atomic E-state index is 0.103. The molecule has 0 aliphatic rings. The normalized spacial score (nSPS) is 12.4. The lowest BCUT2D eigenvalue weighted by atomic mass is 10.0. The minimum Gasteiger partial charge on any atom is -0.467 e. The number of aromatic nitrogens is 1. The lowest BCUT2D eigenvalue weighted by Gasteiger charge is -2.22. The van der Waals surface area contributed by atoms with Gasteiger partial charge in [0, 0.05) is 17.3 Å². The second-order valence-corrected chi connectivity index (χ2v) is 4.99. The number of methoxy groups -OCH3 is 1. The second-order valence-electron chi connectivity index (χ2n) is 4.99. The van der Waals surface area contributed by atoms with Gasteiger partial charge in [0.25, 0.3) is 0 Å². The average molecular weight is 273 g/mol. The Morgan fingerprint density at radius 3 is 2.75 bits per heavy atom. The smallest absolute Gasteiger partial charge is 0.328 e. The molecule has 2 aromatic rings. The van der Waals surface area contributed by atoms with Crippen molar-refractivity contribution in [2.24, 2.45) is 5.92 Å². The van der Waals surface area contributed by atoms with Crippen molar-refractivity contribution in [3.63, 3.8) is 0 Å². The highest BCUT2D eigenvalue weighted by atomic mass is 16.5. The molecule has 0 saturated carbocycles. The standard InChI is InChI=1S/C15H19N3O2/c1-9(2)13(15(19)20-3)18-12-7-6-11(16)14-10(12)5-4-8-17-14/h4-9,13,18H,16H2,1-3H3. The van der Waals surface area contributed by atoms with Crippen molar-refractivity contribution in [1.82, 2.24) is 4.98 Å². The molecule has 1 atom stereocenters. The summed E-state index contributed by atoms with van der Waals surface area (Å²) < 4.78 is 4.84. The van der Waals surface area contributed by atoms with Crippen LogP contribution in [0.5, 0.6) is 0 Å². The Morgan fingerprint density at radius 2 is 2.10 bits per heavy atom. The van der Waals surface area contributed by atoms with Crippen LogP contribution in [0.15, 0.2) is 30.5 Å². The van der Waals surface area contributed by atoms with E-state index in [1.54, 1.807) is 12.3 Å². The number of carbonyl (C=O) groups excluding carboxylic acids is 1. The van der Waals surface area contributed by atoms with Gasteiger partial charge in [0.2, 0.25) is 0 Å². The molecule has 5 heteroatoms. The van der Waals surface area contributed by atoms with Gasteiger partial charge in [-0.3, -0.25) is 4.98 Å². The first-order valence-electron chi connectivity index (χ1n) is 6.52. The summed E-state index contributed by atoms with van der Waals surface area (Å²) in [5.74, 6) is -0.180. The van der Waals surface area contributed by atoms with Crippen LogP contribution in [-0.4, -0.2) is 24.1 Å². The number of esters is 1. The molecule has 0 saturated heterocycles. The monoisotopic (exact) mass is 273 g/mol. The van der Waals surface area contributed by atoms with Gasteiger partial charge < -0.3 is 15.8 Å². The maximum absolute atomic E-state index is 11.8. The molecule has 106 valence electrons. The van der Waals surface area contributed by atoms with E-state index in [1.165, 1.54) is 7.11 Å². The van der Waals surface area contributed by atoms with Gasteiger partial charge in [-0.1, -0.05) is 13.8 Å². The van der Waals surface area contributed by atoms with Crippen molar-refractivity contribution >= 4 is 28.2 Å². The van der Waals surface area contributed by atoms with Crippen LogP contribution in [0.3, 0.4) is 0 Å². The number of nitrogens with zero attached hydrogens (tertiary/aromatic N) is 1. The number of fused-ring (bicyclic) bond motifs is 1. The molecule has 5 nitrogen and oxygen atoms in total. The minimum atomic E-state index is -0.410. The van der Waals surface area contributed by atoms with E-state index in [0.29, 0.717) is 5.69 Å². The Balaban J connectivity index is 2.43. The number of rotatable bonds is 4. The molecule has 0 radical (unpaired) electrons. The highest BCUT2D eigenvalue weighted by Crippen LogP contribution is 2.27. The summed E-state index contributed by atoms with van der Waals surface area (Å²) in [6, 6.07) is 7.00. The van der Waals surface area contributed by atoms with Crippen LogP contribution in [0.4, 0.5) is 11.4 Å². The number of nitrogens with one attached hydrogen (secondary N) is 1. The molecule has 0 bridgehead atoms. The van der Waals surface area contributed by atoms with Gasteiger partial charge in [-0.15, -0.1) is 0 Å². The number of carbonyl (C=O) groups is 1. The number of pyridine rings is 1. The Bertz CT molecular complexity index is 626. The third-order valence-corrected chi connectivity index (χ3v) is 3.23. The van der Waals surface area contributed by atoms with Crippen molar-refractivity contribution < 1.29 is 9.53 Å². The number of nitrogen functional groups attached to an aromatic ring is 1. The van der Waals surface area contributed by atoms with E-state index in [2.05, 4.69) is 10.3 Å². The van der Waals surface area contributed by atoms with Crippen LogP contribution < -0.4 is 11.1 Å². The van der Waals surface area contributed by atoms with E-state index in [-0.39, 0.29) is 11.9 Å². The fourth-order valence-electron chi connectivity index (χ4n) is 2.11. The van der Waals surface area contributed by atoms with E-state index >= 15 is 0 Å². The molecule has 0 fully saturated rings. The first kappa shape index (κ1) is 14.1. The number of nitrogens with two attached hydrogens (primary N) is 1. The molecule has 20 heavy (non-hydrogen) atoms. The number of hydrogen-bond donors (Lipinski definition) is 2. The zero-order valence-electron chi connectivity index (χ0n) is 11.9. The molecular weight excluding hydrogens is 254 g/mol. The summed E-state index contributed by atoms with van der Waals surface area (Å²) in [6.45, 7) is 3.93. The number of anilines is 2. The number of hydrogen-bond acceptors (Lipinski definition) is 5. The van der Waals surface area contributed by atoms with Crippen molar-refractivity contribution in [3.8, 4) is 0 Å². The predicted octanol–water partition coefficient (Wildman–Crippen LogP) is 2.43. The van der Waals surface area contributed by atoms with E-state index in [0.717, 1.165) is 16.6 Å². The Kier molecular flexibility index (Phi) is 4.08. The largest absolute Gasteiger partial charge is 0.467 e. The fraction of sp³-hybridized carbons (Fsp3) is 0.333. The topological polar surface area (TPSA) is 77.2 Å². The van der Waals surface area contributed by atoms with E-state index < -0.39 is 6.04 Å². The van der Waals surface area contributed by atoms with Gasteiger partial charge in [-0.2, -0.15) is 0 Å². The van der Waals surface area contributed by atoms with Gasteiger partial charge in [-0.05, 0) is 30.2 Å². The molecule has 1 aromatic heterocycles. The van der Waals surface area contributed by atoms with Gasteiger partial charge in [0.15, 0.2) is 0 Å². The van der Waals surface area contributed by atoms with Crippen LogP contribution in [0.2, 0.25) is 0 Å². The number of ether oxygens (including phenoxy) is 1. The SMILES string of the molecule is COC(=O)C(Nc1ccc(N)c2ncccc12)C(C)C. The van der Waals surface area contributed by atoms with Gasteiger partial charge in [-0.25, -0.2) is 4.79 Å². The van der Waals surface area contributed by atoms with Crippen LogP contribution in [0, 0.1) is 5.92 Å². The summed E-state index contributed by atoms with van der Waals surface area (Å²) in [5.41, 5.74) is 8.09. The van der Waals surface area contributed by atoms with Gasteiger partial charge >= 0.3 is 5.97 Å². The number of benzene rings is 1. The van der Waals surface area contributed by atoms with Crippen LogP contribution in [0.25, 0.3) is 10.9 Å². The van der Waals surface area contributed by atoms with Gasteiger partial charge in [0.1, 0.15) is 6.04 Å². The Morgan fingerprint density at radius 1 is 1.35 bits per heavy atom. The van der Waals surface area contributed by atoms with E-state index in [9.17, 15) is 4.79 Å². The zero-order chi connectivity index (χ0) is 14.7. The summed E-state index contributed by atoms with van der Waals surface area (Å²) >= 11 is 0. The summed E-state index contributed by atoms with van der Waals surface area (Å²) in [6.07, 6.45) is 1.70. The highest BCUT2D eigenvalue weighted by Gasteiger charge is 2.23. The van der Waals surface area contributed by atoms with Crippen LogP contribution >= 0.6 is 0 Å². The van der Waals surface area contributed by atoms with Gasteiger partial charge in [0.05, 0.1) is 18.3 Å². The third-order valence-electron chi connectivity index (χ3n) is 3.23. The predicted molar refractivity (Wildman–Crippen MR) is 80.4 cm³/mol. The molecule has 0 aliphatic carbocycles. The second kappa shape index (κ2) is 5.77. The fourth-order valence-corrected chi connectivity index (χ4v) is 2.11. The van der Waals surface area contributed by atoms with Crippen LogP contribution in [-0.2, 0) is 9.53 Å². The molecule has 0 aliphatic heterocycles. The average Bonchev–Trinajstić information content (AvgIpc) is 2.46. The Hall–Kier alpha value is -2.30. The van der Waals surface area contributed by atoms with Crippen LogP contribution in [0.1, 0.15) is 13.8 Å². The van der Waals surface area contributed by atoms with Crippen molar-refractivity contribution in [1.29, 1.82) is 0 Å². The quantitative estimate of drug-likeness (QED) is 0.661. The maximum atomic E-state index is 11.8. The first-order valence-corrected chi connectivity index (χ1v) is 6.52. The van der Waals surface area contributed by atoms with Crippen molar-refractivity contribution in [3.05, 3.63) is 30.5 Å². The Labute approximate surface area is 118 Å². The molecule has 3 N–H and O–H groups in total. The molecule has 1 heterocycles. The molecule has 0 spiro atoms. The van der Waals surface area contributed by atoms with E-state index in [4.69, 9.17) is 10.5 Å². The highest BCUT2D eigenvalue weighted by molar-refractivity contribution is 5.99. The first-order chi connectivity index (χ1) is 9.54. The molecule has 2 rings (SSSR count). The molecule has 1 aromatic carbocycles. The molecular formula is C15H19N3O2. The summed E-state index contributed by atoms with van der Waals surface area (Å²) in [5, 5.41) is 4.12. The van der Waals surface area contributed by atoms with Crippen molar-refractivity contribution in [2.75, 3.05) is 18.2 Å². The van der Waals surface area contributed by atoms with E-state index in [1.807, 2.05) is 32.0 Å². The summed E-state index contributed by atoms with van der Waals surface area (Å²) in [7, 11) is 1.39. The third kappa shape index (κ3) is 2.66.